The summed E-state index contributed by atoms with van der Waals surface area (Å²) < 4.78 is 1.64. The Morgan fingerprint density at radius 3 is 2.83 bits per heavy atom. The molecule has 1 aromatic carbocycles. The highest BCUT2D eigenvalue weighted by atomic mass is 35.5. The number of anilines is 1. The number of hydrogen-bond acceptors (Lipinski definition) is 4. The number of aromatic nitrogens is 4. The van der Waals surface area contributed by atoms with Gasteiger partial charge in [0.2, 0.25) is 5.91 Å². The first-order valence-electron chi connectivity index (χ1n) is 7.36. The van der Waals surface area contributed by atoms with E-state index in [0.29, 0.717) is 34.2 Å². The molecule has 0 radical (unpaired) electrons. The molecule has 0 atom stereocenters. The summed E-state index contributed by atoms with van der Waals surface area (Å²) in [5, 5.41) is 16.1. The minimum atomic E-state index is -0.126. The zero-order chi connectivity index (χ0) is 17.3. The Balaban J connectivity index is 1.72. The summed E-state index contributed by atoms with van der Waals surface area (Å²) in [4.78, 5) is 12.2. The summed E-state index contributed by atoms with van der Waals surface area (Å²) in [7, 11) is 0. The maximum absolute atomic E-state index is 12.2. The van der Waals surface area contributed by atoms with E-state index < -0.39 is 0 Å². The number of amides is 1. The van der Waals surface area contributed by atoms with Crippen LogP contribution in [0.5, 0.6) is 0 Å². The predicted molar refractivity (Wildman–Crippen MR) is 93.7 cm³/mol. The summed E-state index contributed by atoms with van der Waals surface area (Å²) in [6, 6.07) is 4.96. The Kier molecular flexibility index (Phi) is 4.69. The lowest BCUT2D eigenvalue weighted by atomic mass is 10.0. The third kappa shape index (κ3) is 3.34. The van der Waals surface area contributed by atoms with Gasteiger partial charge in [-0.05, 0) is 44.0 Å². The topological polar surface area (TPSA) is 72.2 Å². The fourth-order valence-electron chi connectivity index (χ4n) is 2.59. The highest BCUT2D eigenvalue weighted by Gasteiger charge is 2.13. The first-order valence-corrected chi connectivity index (χ1v) is 8.12. The van der Waals surface area contributed by atoms with Crippen LogP contribution >= 0.6 is 23.2 Å². The van der Waals surface area contributed by atoms with Gasteiger partial charge in [0.25, 0.3) is 0 Å². The lowest BCUT2D eigenvalue weighted by Gasteiger charge is -2.11. The monoisotopic (exact) mass is 363 g/mol. The van der Waals surface area contributed by atoms with Crippen molar-refractivity contribution in [3.63, 3.8) is 0 Å². The predicted octanol–water partition coefficient (Wildman–Crippen LogP) is 3.62. The number of rotatable bonds is 4. The van der Waals surface area contributed by atoms with Crippen LogP contribution in [0, 0.1) is 13.8 Å². The van der Waals surface area contributed by atoms with Crippen molar-refractivity contribution >= 4 is 40.4 Å². The van der Waals surface area contributed by atoms with E-state index >= 15 is 0 Å². The molecule has 1 N–H and O–H groups in total. The molecule has 0 unspecified atom stereocenters. The van der Waals surface area contributed by atoms with Crippen molar-refractivity contribution in [2.75, 3.05) is 5.32 Å². The van der Waals surface area contributed by atoms with Crippen molar-refractivity contribution in [1.29, 1.82) is 0 Å². The average Bonchev–Trinajstić information content (AvgIpc) is 2.98. The second-order valence-corrected chi connectivity index (χ2v) is 6.30. The number of halogens is 2. The minimum Gasteiger partial charge on any atom is -0.325 e. The molecule has 0 bridgehead atoms. The fraction of sp³-hybridized carbons (Fsp3) is 0.250. The van der Waals surface area contributed by atoms with Gasteiger partial charge < -0.3 is 5.32 Å². The maximum atomic E-state index is 12.2. The molecule has 124 valence electrons. The molecule has 1 amide bonds. The van der Waals surface area contributed by atoms with Gasteiger partial charge in [0, 0.05) is 17.0 Å². The number of benzene rings is 1. The van der Waals surface area contributed by atoms with Crippen LogP contribution in [0.3, 0.4) is 0 Å². The maximum Gasteiger partial charge on any atom is 0.224 e. The number of carbonyl (C=O) groups is 1. The Bertz CT molecular complexity index is 922. The van der Waals surface area contributed by atoms with E-state index in [9.17, 15) is 4.79 Å². The first kappa shape index (κ1) is 16.7. The van der Waals surface area contributed by atoms with Crippen LogP contribution in [-0.2, 0) is 11.2 Å². The third-order valence-electron chi connectivity index (χ3n) is 3.82. The van der Waals surface area contributed by atoms with Gasteiger partial charge in [-0.15, -0.1) is 10.2 Å². The van der Waals surface area contributed by atoms with Crippen molar-refractivity contribution < 1.29 is 4.79 Å². The van der Waals surface area contributed by atoms with Gasteiger partial charge in [-0.25, -0.2) is 4.52 Å². The molecule has 0 saturated carbocycles. The Morgan fingerprint density at radius 1 is 1.29 bits per heavy atom. The third-order valence-corrected chi connectivity index (χ3v) is 4.37. The van der Waals surface area contributed by atoms with Crippen LogP contribution in [0.4, 0.5) is 5.69 Å². The van der Waals surface area contributed by atoms with Gasteiger partial charge in [-0.3, -0.25) is 4.79 Å². The van der Waals surface area contributed by atoms with Gasteiger partial charge >= 0.3 is 0 Å². The summed E-state index contributed by atoms with van der Waals surface area (Å²) in [6.45, 7) is 3.87. The van der Waals surface area contributed by atoms with E-state index in [1.165, 1.54) is 0 Å². The van der Waals surface area contributed by atoms with E-state index in [2.05, 4.69) is 20.6 Å². The molecule has 0 saturated heterocycles. The van der Waals surface area contributed by atoms with E-state index in [1.807, 2.05) is 13.8 Å². The van der Waals surface area contributed by atoms with Crippen molar-refractivity contribution in [3.05, 3.63) is 51.4 Å². The Labute approximate surface area is 148 Å². The van der Waals surface area contributed by atoms with E-state index in [1.54, 1.807) is 29.0 Å². The molecule has 0 aliphatic rings. The zero-order valence-corrected chi connectivity index (χ0v) is 14.7. The van der Waals surface area contributed by atoms with Crippen LogP contribution in [-0.4, -0.2) is 25.7 Å². The second kappa shape index (κ2) is 6.75. The zero-order valence-electron chi connectivity index (χ0n) is 13.2. The Morgan fingerprint density at radius 2 is 2.08 bits per heavy atom. The first-order chi connectivity index (χ1) is 11.5. The minimum absolute atomic E-state index is 0.126. The normalized spacial score (nSPS) is 11.0. The van der Waals surface area contributed by atoms with Crippen molar-refractivity contribution in [3.8, 4) is 0 Å². The molecule has 2 heterocycles. The molecular formula is C16H15Cl2N5O. The second-order valence-electron chi connectivity index (χ2n) is 5.46. The van der Waals surface area contributed by atoms with Crippen LogP contribution in [0.1, 0.15) is 23.2 Å². The van der Waals surface area contributed by atoms with Crippen LogP contribution < -0.4 is 5.32 Å². The molecule has 0 spiro atoms. The standard InChI is InChI=1S/C16H15Cl2N5O/c1-9-12(10(2)22-23-8-19-21-16(9)23)4-6-15(24)20-14-5-3-11(17)7-13(14)18/h3,5,7-8H,4,6H2,1-2H3,(H,20,24). The molecule has 24 heavy (non-hydrogen) atoms. The average molecular weight is 364 g/mol. The molecule has 0 aliphatic heterocycles. The quantitative estimate of drug-likeness (QED) is 0.768. The summed E-state index contributed by atoms with van der Waals surface area (Å²) in [5.74, 6) is -0.126. The summed E-state index contributed by atoms with van der Waals surface area (Å²) >= 11 is 11.9. The highest BCUT2D eigenvalue weighted by Crippen LogP contribution is 2.25. The van der Waals surface area contributed by atoms with Gasteiger partial charge in [-0.2, -0.15) is 5.10 Å². The number of carbonyl (C=O) groups excluding carboxylic acids is 1. The number of nitrogens with zero attached hydrogens (tertiary/aromatic N) is 4. The van der Waals surface area contributed by atoms with Crippen molar-refractivity contribution in [2.24, 2.45) is 0 Å². The van der Waals surface area contributed by atoms with Crippen molar-refractivity contribution in [2.45, 2.75) is 26.7 Å². The largest absolute Gasteiger partial charge is 0.325 e. The molecule has 3 rings (SSSR count). The van der Waals surface area contributed by atoms with Crippen molar-refractivity contribution in [1.82, 2.24) is 19.8 Å². The molecule has 0 aliphatic carbocycles. The van der Waals surface area contributed by atoms with Gasteiger partial charge in [0.1, 0.15) is 6.33 Å². The lowest BCUT2D eigenvalue weighted by molar-refractivity contribution is -0.116. The van der Waals surface area contributed by atoms with Gasteiger partial charge in [0.15, 0.2) is 5.65 Å². The van der Waals surface area contributed by atoms with Gasteiger partial charge in [-0.1, -0.05) is 23.2 Å². The van der Waals surface area contributed by atoms with E-state index in [0.717, 1.165) is 16.8 Å². The molecule has 6 nitrogen and oxygen atoms in total. The molecule has 8 heteroatoms. The van der Waals surface area contributed by atoms with E-state index in [-0.39, 0.29) is 5.91 Å². The Hall–Kier alpha value is -2.18. The van der Waals surface area contributed by atoms with Gasteiger partial charge in [0.05, 0.1) is 16.4 Å². The number of aryl methyl sites for hydroxylation is 2. The summed E-state index contributed by atoms with van der Waals surface area (Å²) in [5.41, 5.74) is 4.10. The molecule has 2 aromatic heterocycles. The molecule has 3 aromatic rings. The van der Waals surface area contributed by atoms with Crippen LogP contribution in [0.25, 0.3) is 5.65 Å². The fourth-order valence-corrected chi connectivity index (χ4v) is 3.04. The number of hydrogen-bond donors (Lipinski definition) is 1. The number of nitrogens with one attached hydrogen (secondary N) is 1. The van der Waals surface area contributed by atoms with Crippen LogP contribution in [0.2, 0.25) is 10.0 Å². The molecular weight excluding hydrogens is 349 g/mol. The molecule has 0 fully saturated rings. The van der Waals surface area contributed by atoms with Crippen LogP contribution in [0.15, 0.2) is 24.5 Å². The smallest absolute Gasteiger partial charge is 0.224 e. The number of fused-ring (bicyclic) bond motifs is 1. The van der Waals surface area contributed by atoms with E-state index in [4.69, 9.17) is 23.2 Å². The SMILES string of the molecule is Cc1nn2cnnc2c(C)c1CCC(=O)Nc1ccc(Cl)cc1Cl. The lowest BCUT2D eigenvalue weighted by Crippen LogP contribution is -2.14. The summed E-state index contributed by atoms with van der Waals surface area (Å²) in [6.07, 6.45) is 2.44. The highest BCUT2D eigenvalue weighted by molar-refractivity contribution is 6.36.